The molecule has 2 heterocycles. The first-order chi connectivity index (χ1) is 13.6. The number of carbonyl (C=O) groups is 1. The second kappa shape index (κ2) is 9.92. The summed E-state index contributed by atoms with van der Waals surface area (Å²) in [7, 11) is 0. The Morgan fingerprint density at radius 1 is 0.966 bits per heavy atom. The van der Waals surface area contributed by atoms with Crippen LogP contribution in [0.25, 0.3) is 0 Å². The van der Waals surface area contributed by atoms with Crippen LogP contribution >= 0.6 is 0 Å². The van der Waals surface area contributed by atoms with Crippen molar-refractivity contribution in [2.24, 2.45) is 5.92 Å². The maximum absolute atomic E-state index is 12.1. The minimum atomic E-state index is -2.24. The third-order valence-corrected chi connectivity index (χ3v) is 4.87. The van der Waals surface area contributed by atoms with Crippen LogP contribution < -0.4 is 0 Å². The summed E-state index contributed by atoms with van der Waals surface area (Å²) in [6, 6.07) is 0. The number of aliphatic hydroxyl groups excluding tert-OH is 7. The number of rotatable bonds is 8. The van der Waals surface area contributed by atoms with Gasteiger partial charge in [-0.15, -0.1) is 0 Å². The lowest BCUT2D eigenvalue weighted by Crippen LogP contribution is -2.63. The van der Waals surface area contributed by atoms with Crippen molar-refractivity contribution in [1.29, 1.82) is 0 Å². The van der Waals surface area contributed by atoms with Gasteiger partial charge in [-0.2, -0.15) is 0 Å². The van der Waals surface area contributed by atoms with E-state index in [1.807, 2.05) is 0 Å². The van der Waals surface area contributed by atoms with Crippen molar-refractivity contribution in [2.75, 3.05) is 19.8 Å². The van der Waals surface area contributed by atoms with E-state index in [1.165, 1.54) is 0 Å². The Balaban J connectivity index is 2.27. The Bertz CT molecular complexity index is 543. The third kappa shape index (κ3) is 5.05. The fourth-order valence-electron chi connectivity index (χ4n) is 3.30. The second-order valence-corrected chi connectivity index (χ2v) is 7.62. The summed E-state index contributed by atoms with van der Waals surface area (Å²) in [4.78, 5) is 12.1. The molecule has 0 bridgehead atoms. The Kier molecular flexibility index (Phi) is 8.32. The van der Waals surface area contributed by atoms with Crippen molar-refractivity contribution in [2.45, 2.75) is 75.1 Å². The molecular formula is C17H30O12. The van der Waals surface area contributed by atoms with Crippen molar-refractivity contribution in [1.82, 2.24) is 0 Å². The molecule has 12 heteroatoms. The van der Waals surface area contributed by atoms with E-state index in [2.05, 4.69) is 0 Å². The minimum absolute atomic E-state index is 0.00539. The van der Waals surface area contributed by atoms with Crippen molar-refractivity contribution >= 4 is 5.97 Å². The summed E-state index contributed by atoms with van der Waals surface area (Å²) in [5, 5.41) is 69.0. The summed E-state index contributed by atoms with van der Waals surface area (Å²) in [6.45, 7) is 1.15. The molecule has 2 aliphatic heterocycles. The van der Waals surface area contributed by atoms with E-state index >= 15 is 0 Å². The number of carbonyl (C=O) groups excluding carboxylic acids is 1. The van der Waals surface area contributed by atoms with E-state index in [9.17, 15) is 40.5 Å². The van der Waals surface area contributed by atoms with E-state index in [-0.39, 0.29) is 12.3 Å². The molecule has 0 radical (unpaired) electrons. The van der Waals surface area contributed by atoms with Gasteiger partial charge in [-0.25, -0.2) is 0 Å². The van der Waals surface area contributed by atoms with Gasteiger partial charge in [0, 0.05) is 6.42 Å². The van der Waals surface area contributed by atoms with Crippen LogP contribution in [0.5, 0.6) is 0 Å². The number of hydrogen-bond donors (Lipinski definition) is 7. The van der Waals surface area contributed by atoms with E-state index in [0.29, 0.717) is 0 Å². The minimum Gasteiger partial charge on any atom is -0.454 e. The zero-order valence-electron chi connectivity index (χ0n) is 16.2. The summed E-state index contributed by atoms with van der Waals surface area (Å²) in [5.41, 5.74) is 0. The molecule has 0 amide bonds. The Morgan fingerprint density at radius 3 is 2.10 bits per heavy atom. The number of aliphatic hydroxyl groups is 7. The molecule has 170 valence electrons. The van der Waals surface area contributed by atoms with Gasteiger partial charge in [0.2, 0.25) is 5.79 Å². The molecular weight excluding hydrogens is 396 g/mol. The highest BCUT2D eigenvalue weighted by atomic mass is 16.8. The van der Waals surface area contributed by atoms with E-state index in [0.717, 1.165) is 0 Å². The normalized spacial score (nSPS) is 43.0. The summed E-state index contributed by atoms with van der Waals surface area (Å²) in [5.74, 6) is -3.03. The fourth-order valence-corrected chi connectivity index (χ4v) is 3.30. The Hall–Kier alpha value is -0.930. The van der Waals surface area contributed by atoms with Crippen LogP contribution in [0.3, 0.4) is 0 Å². The van der Waals surface area contributed by atoms with Crippen LogP contribution in [-0.2, 0) is 23.7 Å². The molecule has 0 aliphatic carbocycles. The first-order valence-corrected chi connectivity index (χ1v) is 9.35. The average Bonchev–Trinajstić information content (AvgIpc) is 2.93. The molecule has 0 aromatic rings. The average molecular weight is 426 g/mol. The first kappa shape index (κ1) is 24.3. The van der Waals surface area contributed by atoms with Crippen LogP contribution in [-0.4, -0.2) is 116 Å². The van der Waals surface area contributed by atoms with Crippen LogP contribution in [0, 0.1) is 5.92 Å². The summed E-state index contributed by atoms with van der Waals surface area (Å²) < 4.78 is 21.4. The Morgan fingerprint density at radius 2 is 1.59 bits per heavy atom. The maximum atomic E-state index is 12.1. The van der Waals surface area contributed by atoms with E-state index in [4.69, 9.17) is 18.9 Å². The molecule has 2 aliphatic rings. The lowest BCUT2D eigenvalue weighted by molar-refractivity contribution is -0.383. The molecule has 2 saturated heterocycles. The molecule has 2 rings (SSSR count). The van der Waals surface area contributed by atoms with Gasteiger partial charge in [0.15, 0.2) is 12.4 Å². The molecule has 12 nitrogen and oxygen atoms in total. The predicted octanol–water partition coefficient (Wildman–Crippen LogP) is -3.80. The fraction of sp³-hybridized carbons (Fsp3) is 0.941. The topological polar surface area (TPSA) is 196 Å². The standard InChI is InChI=1S/C17H30O12/c1-7(2)3-10(21)27-15-12(23)9(5-19)28-17(15,6-20)29-16-14(25)13(24)11(22)8(4-18)26-16/h7-9,11-16,18-20,22-25H,3-6H2,1-2H3/t8-,9-,11-,12-,13+,14-,15+,16-,17+/m1/s1. The van der Waals surface area contributed by atoms with Crippen LogP contribution in [0.2, 0.25) is 0 Å². The van der Waals surface area contributed by atoms with Gasteiger partial charge in [-0.05, 0) is 5.92 Å². The molecule has 0 aromatic carbocycles. The number of hydrogen-bond acceptors (Lipinski definition) is 12. The maximum Gasteiger partial charge on any atom is 0.306 e. The highest BCUT2D eigenvalue weighted by molar-refractivity contribution is 5.70. The number of ether oxygens (including phenoxy) is 4. The zero-order valence-corrected chi connectivity index (χ0v) is 16.2. The molecule has 0 spiro atoms. The molecule has 29 heavy (non-hydrogen) atoms. The van der Waals surface area contributed by atoms with Gasteiger partial charge in [0.05, 0.1) is 13.2 Å². The van der Waals surface area contributed by atoms with Gasteiger partial charge in [-0.1, -0.05) is 13.8 Å². The smallest absolute Gasteiger partial charge is 0.306 e. The molecule has 2 fully saturated rings. The van der Waals surface area contributed by atoms with Gasteiger partial charge >= 0.3 is 5.97 Å². The summed E-state index contributed by atoms with van der Waals surface area (Å²) in [6.07, 6.45) is -12.7. The molecule has 0 unspecified atom stereocenters. The second-order valence-electron chi connectivity index (χ2n) is 7.62. The lowest BCUT2D eigenvalue weighted by atomic mass is 9.99. The largest absolute Gasteiger partial charge is 0.454 e. The van der Waals surface area contributed by atoms with E-state index < -0.39 is 80.6 Å². The molecule has 0 saturated carbocycles. The zero-order chi connectivity index (χ0) is 21.9. The van der Waals surface area contributed by atoms with Gasteiger partial charge in [0.25, 0.3) is 0 Å². The van der Waals surface area contributed by atoms with Crippen LogP contribution in [0.4, 0.5) is 0 Å². The first-order valence-electron chi connectivity index (χ1n) is 9.35. The predicted molar refractivity (Wildman–Crippen MR) is 92.0 cm³/mol. The molecule has 7 N–H and O–H groups in total. The Labute approximate surface area is 167 Å². The highest BCUT2D eigenvalue weighted by Crippen LogP contribution is 2.38. The van der Waals surface area contributed by atoms with E-state index in [1.54, 1.807) is 13.8 Å². The SMILES string of the molecule is CC(C)CC(=O)O[C@H]1[C@H](O)[C@@H](CO)O[C@@]1(CO)O[C@H]1O[C@H](CO)[C@@H](O)[C@H](O)[C@H]1O. The third-order valence-electron chi connectivity index (χ3n) is 4.87. The number of esters is 1. The molecule has 9 atom stereocenters. The summed E-state index contributed by atoms with van der Waals surface area (Å²) >= 11 is 0. The lowest BCUT2D eigenvalue weighted by Gasteiger charge is -2.43. The van der Waals surface area contributed by atoms with Crippen molar-refractivity contribution in [3.8, 4) is 0 Å². The van der Waals surface area contributed by atoms with Crippen molar-refractivity contribution in [3.05, 3.63) is 0 Å². The molecule has 0 aromatic heterocycles. The van der Waals surface area contributed by atoms with Crippen molar-refractivity contribution < 1.29 is 59.5 Å². The monoisotopic (exact) mass is 426 g/mol. The van der Waals surface area contributed by atoms with Crippen LogP contribution in [0.15, 0.2) is 0 Å². The van der Waals surface area contributed by atoms with Gasteiger partial charge < -0.3 is 54.7 Å². The van der Waals surface area contributed by atoms with Crippen molar-refractivity contribution in [3.63, 3.8) is 0 Å². The van der Waals surface area contributed by atoms with Gasteiger partial charge in [-0.3, -0.25) is 4.79 Å². The highest BCUT2D eigenvalue weighted by Gasteiger charge is 2.60. The van der Waals surface area contributed by atoms with Crippen LogP contribution in [0.1, 0.15) is 20.3 Å². The van der Waals surface area contributed by atoms with Gasteiger partial charge in [0.1, 0.15) is 43.2 Å². The quantitative estimate of drug-likeness (QED) is 0.187.